The van der Waals surface area contributed by atoms with Crippen LogP contribution >= 0.6 is 11.8 Å². The number of rotatable bonds is 6. The van der Waals surface area contributed by atoms with E-state index in [1.165, 1.54) is 37.4 Å². The number of piperidine rings is 1. The van der Waals surface area contributed by atoms with Crippen molar-refractivity contribution < 1.29 is 0 Å². The SMILES string of the molecule is CCSCC(C)N1CCCC(NC(C)C)C1. The molecule has 0 aromatic heterocycles. The molecule has 1 aliphatic heterocycles. The van der Waals surface area contributed by atoms with Gasteiger partial charge in [-0.05, 0) is 32.1 Å². The third-order valence-electron chi connectivity index (χ3n) is 3.21. The number of nitrogens with zero attached hydrogens (tertiary/aromatic N) is 1. The second-order valence-corrected chi connectivity index (χ2v) is 6.48. The Kier molecular flexibility index (Phi) is 6.78. The van der Waals surface area contributed by atoms with E-state index in [-0.39, 0.29) is 0 Å². The van der Waals surface area contributed by atoms with Crippen molar-refractivity contribution in [3.05, 3.63) is 0 Å². The molecule has 1 fully saturated rings. The molecule has 3 heteroatoms. The van der Waals surface area contributed by atoms with Crippen LogP contribution in [0.15, 0.2) is 0 Å². The first-order chi connectivity index (χ1) is 7.63. The van der Waals surface area contributed by atoms with Gasteiger partial charge in [0.15, 0.2) is 0 Å². The van der Waals surface area contributed by atoms with Crippen molar-refractivity contribution in [3.63, 3.8) is 0 Å². The normalized spacial score (nSPS) is 24.9. The van der Waals surface area contributed by atoms with Gasteiger partial charge in [-0.1, -0.05) is 20.8 Å². The highest BCUT2D eigenvalue weighted by molar-refractivity contribution is 7.99. The van der Waals surface area contributed by atoms with E-state index in [9.17, 15) is 0 Å². The van der Waals surface area contributed by atoms with Crippen molar-refractivity contribution >= 4 is 11.8 Å². The molecule has 0 spiro atoms. The number of hydrogen-bond donors (Lipinski definition) is 1. The number of hydrogen-bond acceptors (Lipinski definition) is 3. The average molecular weight is 244 g/mol. The third-order valence-corrected chi connectivity index (χ3v) is 4.33. The monoisotopic (exact) mass is 244 g/mol. The van der Waals surface area contributed by atoms with Crippen molar-refractivity contribution in [1.82, 2.24) is 10.2 Å². The van der Waals surface area contributed by atoms with E-state index in [2.05, 4.69) is 49.7 Å². The summed E-state index contributed by atoms with van der Waals surface area (Å²) >= 11 is 2.06. The van der Waals surface area contributed by atoms with E-state index in [1.807, 2.05) is 0 Å². The highest BCUT2D eigenvalue weighted by atomic mass is 32.2. The first-order valence-electron chi connectivity index (χ1n) is 6.71. The lowest BCUT2D eigenvalue weighted by molar-refractivity contribution is 0.153. The lowest BCUT2D eigenvalue weighted by Crippen LogP contribution is -2.51. The Hall–Kier alpha value is 0.270. The van der Waals surface area contributed by atoms with Gasteiger partial charge < -0.3 is 5.32 Å². The standard InChI is InChI=1S/C13H28N2S/c1-5-16-10-12(4)15-8-6-7-13(9-15)14-11(2)3/h11-14H,5-10H2,1-4H3. The molecule has 1 rings (SSSR count). The van der Waals surface area contributed by atoms with E-state index >= 15 is 0 Å². The quantitative estimate of drug-likeness (QED) is 0.773. The Balaban J connectivity index is 2.31. The molecule has 1 aliphatic rings. The van der Waals surface area contributed by atoms with Gasteiger partial charge in [-0.25, -0.2) is 0 Å². The van der Waals surface area contributed by atoms with E-state index in [0.717, 1.165) is 6.04 Å². The maximum Gasteiger partial charge on any atom is 0.0197 e. The zero-order valence-corrected chi connectivity index (χ0v) is 12.1. The van der Waals surface area contributed by atoms with Crippen molar-refractivity contribution in [3.8, 4) is 0 Å². The zero-order valence-electron chi connectivity index (χ0n) is 11.3. The fraction of sp³-hybridized carbons (Fsp3) is 1.00. The molecule has 0 bridgehead atoms. The molecular formula is C13H28N2S. The van der Waals surface area contributed by atoms with Crippen LogP contribution in [-0.4, -0.2) is 47.6 Å². The topological polar surface area (TPSA) is 15.3 Å². The third kappa shape index (κ3) is 5.07. The molecule has 1 heterocycles. The molecular weight excluding hydrogens is 216 g/mol. The lowest BCUT2D eigenvalue weighted by atomic mass is 10.0. The molecule has 16 heavy (non-hydrogen) atoms. The Morgan fingerprint density at radius 2 is 2.12 bits per heavy atom. The van der Waals surface area contributed by atoms with Gasteiger partial charge in [0.05, 0.1) is 0 Å². The van der Waals surface area contributed by atoms with E-state index in [4.69, 9.17) is 0 Å². The molecule has 2 nitrogen and oxygen atoms in total. The molecule has 1 saturated heterocycles. The zero-order chi connectivity index (χ0) is 12.0. The fourth-order valence-electron chi connectivity index (χ4n) is 2.41. The largest absolute Gasteiger partial charge is 0.311 e. The van der Waals surface area contributed by atoms with Crippen LogP contribution in [0.4, 0.5) is 0 Å². The lowest BCUT2D eigenvalue weighted by Gasteiger charge is -2.37. The Bertz CT molecular complexity index is 185. The second kappa shape index (κ2) is 7.57. The minimum absolute atomic E-state index is 0.616. The number of thioether (sulfide) groups is 1. The molecule has 0 saturated carbocycles. The molecule has 0 aromatic carbocycles. The molecule has 1 N–H and O–H groups in total. The molecule has 2 atom stereocenters. The average Bonchev–Trinajstić information content (AvgIpc) is 2.25. The summed E-state index contributed by atoms with van der Waals surface area (Å²) in [5, 5.41) is 3.67. The maximum absolute atomic E-state index is 3.67. The predicted octanol–water partition coefficient (Wildman–Crippen LogP) is 2.59. The summed E-state index contributed by atoms with van der Waals surface area (Å²) in [7, 11) is 0. The summed E-state index contributed by atoms with van der Waals surface area (Å²) in [6, 6.07) is 2.06. The van der Waals surface area contributed by atoms with Crippen molar-refractivity contribution in [1.29, 1.82) is 0 Å². The number of likely N-dealkylation sites (tertiary alicyclic amines) is 1. The Morgan fingerprint density at radius 1 is 1.38 bits per heavy atom. The molecule has 0 aliphatic carbocycles. The van der Waals surface area contributed by atoms with Crippen LogP contribution in [0.3, 0.4) is 0 Å². The van der Waals surface area contributed by atoms with Crippen LogP contribution in [0.5, 0.6) is 0 Å². The molecule has 0 amide bonds. The van der Waals surface area contributed by atoms with Gasteiger partial charge in [0.25, 0.3) is 0 Å². The van der Waals surface area contributed by atoms with E-state index in [0.29, 0.717) is 12.1 Å². The number of nitrogens with one attached hydrogen (secondary N) is 1. The smallest absolute Gasteiger partial charge is 0.0197 e. The van der Waals surface area contributed by atoms with Crippen LogP contribution < -0.4 is 5.32 Å². The first kappa shape index (κ1) is 14.3. The van der Waals surface area contributed by atoms with Crippen LogP contribution in [0, 0.1) is 0 Å². The minimum atomic E-state index is 0.616. The van der Waals surface area contributed by atoms with Crippen LogP contribution in [0.1, 0.15) is 40.5 Å². The summed E-state index contributed by atoms with van der Waals surface area (Å²) in [6.07, 6.45) is 2.70. The molecule has 0 aromatic rings. The van der Waals surface area contributed by atoms with Crippen LogP contribution in [0.25, 0.3) is 0 Å². The minimum Gasteiger partial charge on any atom is -0.311 e. The second-order valence-electron chi connectivity index (χ2n) is 5.16. The van der Waals surface area contributed by atoms with Gasteiger partial charge >= 0.3 is 0 Å². The van der Waals surface area contributed by atoms with Crippen molar-refractivity contribution in [2.24, 2.45) is 0 Å². The van der Waals surface area contributed by atoms with Crippen molar-refractivity contribution in [2.75, 3.05) is 24.6 Å². The molecule has 2 unspecified atom stereocenters. The summed E-state index contributed by atoms with van der Waals surface area (Å²) in [5.41, 5.74) is 0. The van der Waals surface area contributed by atoms with Crippen LogP contribution in [0.2, 0.25) is 0 Å². The summed E-state index contributed by atoms with van der Waals surface area (Å²) in [5.74, 6) is 2.52. The maximum atomic E-state index is 3.67. The summed E-state index contributed by atoms with van der Waals surface area (Å²) in [6.45, 7) is 11.6. The summed E-state index contributed by atoms with van der Waals surface area (Å²) in [4.78, 5) is 2.66. The van der Waals surface area contributed by atoms with Gasteiger partial charge in [0.1, 0.15) is 0 Å². The van der Waals surface area contributed by atoms with Crippen LogP contribution in [-0.2, 0) is 0 Å². The van der Waals surface area contributed by atoms with E-state index < -0.39 is 0 Å². The van der Waals surface area contributed by atoms with Gasteiger partial charge in [-0.15, -0.1) is 0 Å². The fourth-order valence-corrected chi connectivity index (χ4v) is 3.20. The van der Waals surface area contributed by atoms with Crippen molar-refractivity contribution in [2.45, 2.75) is 58.7 Å². The van der Waals surface area contributed by atoms with Gasteiger partial charge in [-0.3, -0.25) is 4.90 Å². The van der Waals surface area contributed by atoms with Gasteiger partial charge in [0.2, 0.25) is 0 Å². The molecule has 0 radical (unpaired) electrons. The Morgan fingerprint density at radius 3 is 2.75 bits per heavy atom. The Labute approximate surface area is 106 Å². The highest BCUT2D eigenvalue weighted by Gasteiger charge is 2.23. The van der Waals surface area contributed by atoms with E-state index in [1.54, 1.807) is 0 Å². The van der Waals surface area contributed by atoms with Gasteiger partial charge in [0, 0.05) is 30.4 Å². The van der Waals surface area contributed by atoms with Gasteiger partial charge in [-0.2, -0.15) is 11.8 Å². The molecule has 96 valence electrons. The summed E-state index contributed by atoms with van der Waals surface area (Å²) < 4.78 is 0. The first-order valence-corrected chi connectivity index (χ1v) is 7.86. The predicted molar refractivity (Wildman–Crippen MR) is 75.3 cm³/mol. The highest BCUT2D eigenvalue weighted by Crippen LogP contribution is 2.16.